The largest absolute Gasteiger partial charge is 0.493 e. The quantitative estimate of drug-likeness (QED) is 0.668. The number of sulfonamides is 1. The molecule has 0 unspecified atom stereocenters. The van der Waals surface area contributed by atoms with E-state index in [1.165, 1.54) is 5.38 Å². The lowest BCUT2D eigenvalue weighted by atomic mass is 9.99. The van der Waals surface area contributed by atoms with Gasteiger partial charge in [-0.2, -0.15) is 0 Å². The summed E-state index contributed by atoms with van der Waals surface area (Å²) in [6.45, 7) is 0.398. The number of carbonyl (C=O) groups is 2. The summed E-state index contributed by atoms with van der Waals surface area (Å²) in [4.78, 5) is 26.1. The fourth-order valence-corrected chi connectivity index (χ4v) is 4.55. The van der Waals surface area contributed by atoms with Crippen LogP contribution in [0.2, 0.25) is 0 Å². The molecule has 1 aliphatic rings. The maximum atomic E-state index is 12.5. The van der Waals surface area contributed by atoms with Crippen LogP contribution in [0.15, 0.2) is 27.8 Å². The molecule has 2 heterocycles. The molecular formula is C18H20N2O7S2. The van der Waals surface area contributed by atoms with Crippen molar-refractivity contribution in [2.24, 2.45) is 5.14 Å². The third-order valence-corrected chi connectivity index (χ3v) is 6.88. The van der Waals surface area contributed by atoms with Gasteiger partial charge in [-0.15, -0.1) is 11.3 Å². The number of hydrogen-bond donors (Lipinski definition) is 1. The smallest absolute Gasteiger partial charge is 0.339 e. The number of primary sulfonamides is 1. The molecule has 11 heteroatoms. The molecule has 0 aliphatic carbocycles. The number of rotatable bonds is 6. The van der Waals surface area contributed by atoms with Gasteiger partial charge < -0.3 is 19.1 Å². The van der Waals surface area contributed by atoms with Crippen molar-refractivity contribution in [2.75, 3.05) is 27.4 Å². The zero-order valence-corrected chi connectivity index (χ0v) is 17.5. The molecule has 1 aromatic heterocycles. The molecule has 2 aromatic rings. The molecule has 1 amide bonds. The second-order valence-corrected chi connectivity index (χ2v) is 9.02. The van der Waals surface area contributed by atoms with E-state index in [4.69, 9.17) is 19.3 Å². The number of esters is 1. The third kappa shape index (κ3) is 4.69. The normalized spacial score (nSPS) is 13.6. The Balaban J connectivity index is 1.62. The molecular weight excluding hydrogens is 420 g/mol. The van der Waals surface area contributed by atoms with Gasteiger partial charge in [0.25, 0.3) is 5.91 Å². The van der Waals surface area contributed by atoms with Crippen molar-refractivity contribution in [1.82, 2.24) is 4.90 Å². The Kier molecular flexibility index (Phi) is 6.10. The van der Waals surface area contributed by atoms with E-state index >= 15 is 0 Å². The lowest BCUT2D eigenvalue weighted by Gasteiger charge is -2.29. The fraction of sp³-hybridized carbons (Fsp3) is 0.333. The van der Waals surface area contributed by atoms with Crippen LogP contribution in [0.4, 0.5) is 0 Å². The van der Waals surface area contributed by atoms with Crippen LogP contribution in [-0.4, -0.2) is 52.6 Å². The third-order valence-electron chi connectivity index (χ3n) is 4.49. The number of amides is 1. The molecule has 0 spiro atoms. The minimum absolute atomic E-state index is 0.0349. The van der Waals surface area contributed by atoms with Gasteiger partial charge in [0.2, 0.25) is 10.0 Å². The van der Waals surface area contributed by atoms with Crippen LogP contribution in [0.5, 0.6) is 11.5 Å². The summed E-state index contributed by atoms with van der Waals surface area (Å²) in [5.41, 5.74) is 2.04. The summed E-state index contributed by atoms with van der Waals surface area (Å²) in [6, 6.07) is 4.86. The summed E-state index contributed by atoms with van der Waals surface area (Å²) in [5.74, 6) is 0.0821. The highest BCUT2D eigenvalue weighted by molar-refractivity contribution is 7.91. The Labute approximate surface area is 172 Å². The first-order chi connectivity index (χ1) is 13.7. The second-order valence-electron chi connectivity index (χ2n) is 6.32. The lowest BCUT2D eigenvalue weighted by Crippen LogP contribution is -2.38. The Hall–Kier alpha value is -2.63. The van der Waals surface area contributed by atoms with E-state index in [0.717, 1.165) is 28.5 Å². The monoisotopic (exact) mass is 440 g/mol. The number of nitrogens with two attached hydrogens (primary N) is 1. The molecule has 0 fully saturated rings. The molecule has 1 aliphatic heterocycles. The van der Waals surface area contributed by atoms with Crippen LogP contribution < -0.4 is 14.6 Å². The maximum absolute atomic E-state index is 12.5. The van der Waals surface area contributed by atoms with Crippen LogP contribution >= 0.6 is 11.3 Å². The maximum Gasteiger partial charge on any atom is 0.339 e. The van der Waals surface area contributed by atoms with E-state index in [1.807, 2.05) is 12.1 Å². The number of carbonyl (C=O) groups excluding carboxylic acids is 2. The molecule has 29 heavy (non-hydrogen) atoms. The van der Waals surface area contributed by atoms with Gasteiger partial charge in [0, 0.05) is 18.5 Å². The van der Waals surface area contributed by atoms with Gasteiger partial charge in [-0.05, 0) is 35.7 Å². The molecule has 9 nitrogen and oxygen atoms in total. The Morgan fingerprint density at radius 2 is 1.79 bits per heavy atom. The van der Waals surface area contributed by atoms with Crippen molar-refractivity contribution in [3.63, 3.8) is 0 Å². The van der Waals surface area contributed by atoms with Gasteiger partial charge in [0.1, 0.15) is 4.21 Å². The first-order valence-electron chi connectivity index (χ1n) is 8.53. The van der Waals surface area contributed by atoms with Crippen molar-refractivity contribution < 1.29 is 32.2 Å². The van der Waals surface area contributed by atoms with Crippen LogP contribution in [-0.2, 0) is 32.5 Å². The molecule has 0 saturated heterocycles. The first kappa shape index (κ1) is 21.1. The van der Waals surface area contributed by atoms with Gasteiger partial charge >= 0.3 is 5.97 Å². The van der Waals surface area contributed by atoms with E-state index in [-0.39, 0.29) is 15.7 Å². The van der Waals surface area contributed by atoms with Gasteiger partial charge in [-0.1, -0.05) is 0 Å². The number of nitrogens with zero attached hydrogens (tertiary/aromatic N) is 1. The van der Waals surface area contributed by atoms with Gasteiger partial charge in [0.05, 0.1) is 19.8 Å². The summed E-state index contributed by atoms with van der Waals surface area (Å²) < 4.78 is 38.1. The number of thiophene rings is 1. The highest BCUT2D eigenvalue weighted by atomic mass is 32.2. The lowest BCUT2D eigenvalue weighted by molar-refractivity contribution is -0.135. The van der Waals surface area contributed by atoms with Crippen molar-refractivity contribution in [3.05, 3.63) is 40.3 Å². The number of ether oxygens (including phenoxy) is 3. The van der Waals surface area contributed by atoms with Crippen LogP contribution in [0.3, 0.4) is 0 Å². The zero-order valence-electron chi connectivity index (χ0n) is 15.8. The van der Waals surface area contributed by atoms with Crippen LogP contribution in [0, 0.1) is 0 Å². The van der Waals surface area contributed by atoms with E-state index in [9.17, 15) is 18.0 Å². The summed E-state index contributed by atoms with van der Waals surface area (Å²) in [5, 5.41) is 6.34. The number of benzene rings is 1. The Morgan fingerprint density at radius 3 is 2.38 bits per heavy atom. The van der Waals surface area contributed by atoms with E-state index in [2.05, 4.69) is 0 Å². The number of fused-ring (bicyclic) bond motifs is 1. The minimum Gasteiger partial charge on any atom is -0.493 e. The van der Waals surface area contributed by atoms with Crippen molar-refractivity contribution in [3.8, 4) is 11.5 Å². The molecule has 0 atom stereocenters. The summed E-state index contributed by atoms with van der Waals surface area (Å²) in [6.07, 6.45) is 0.637. The van der Waals surface area contributed by atoms with Crippen LogP contribution in [0.1, 0.15) is 21.5 Å². The predicted octanol–water partition coefficient (Wildman–Crippen LogP) is 1.15. The highest BCUT2D eigenvalue weighted by Gasteiger charge is 2.24. The number of methoxy groups -OCH3 is 2. The molecule has 156 valence electrons. The summed E-state index contributed by atoms with van der Waals surface area (Å²) >= 11 is 0.815. The average Bonchev–Trinajstić information content (AvgIpc) is 3.21. The van der Waals surface area contributed by atoms with Crippen LogP contribution in [0.25, 0.3) is 0 Å². The predicted molar refractivity (Wildman–Crippen MR) is 105 cm³/mol. The molecule has 1 aromatic carbocycles. The molecule has 0 bridgehead atoms. The van der Waals surface area contributed by atoms with E-state index < -0.39 is 22.6 Å². The molecule has 0 saturated carbocycles. The highest BCUT2D eigenvalue weighted by Crippen LogP contribution is 2.33. The summed E-state index contributed by atoms with van der Waals surface area (Å²) in [7, 11) is -0.778. The van der Waals surface area contributed by atoms with Gasteiger partial charge in [-0.3, -0.25) is 4.79 Å². The average molecular weight is 440 g/mol. The topological polar surface area (TPSA) is 125 Å². The Morgan fingerprint density at radius 1 is 1.14 bits per heavy atom. The zero-order chi connectivity index (χ0) is 21.2. The SMILES string of the molecule is COc1cc2c(cc1OC)CN(C(=O)COC(=O)c1csc(S(N)(=O)=O)c1)CC2. The minimum atomic E-state index is -3.89. The molecule has 3 rings (SSSR count). The molecule has 0 radical (unpaired) electrons. The van der Waals surface area contributed by atoms with Crippen molar-refractivity contribution in [1.29, 1.82) is 0 Å². The fourth-order valence-electron chi connectivity index (χ4n) is 2.97. The van der Waals surface area contributed by atoms with Gasteiger partial charge in [0.15, 0.2) is 18.1 Å². The van der Waals surface area contributed by atoms with Crippen molar-refractivity contribution >= 4 is 33.2 Å². The Bertz CT molecular complexity index is 1050. The second kappa shape index (κ2) is 8.39. The van der Waals surface area contributed by atoms with Gasteiger partial charge in [-0.25, -0.2) is 18.4 Å². The van der Waals surface area contributed by atoms with Crippen molar-refractivity contribution in [2.45, 2.75) is 17.2 Å². The van der Waals surface area contributed by atoms with E-state index in [0.29, 0.717) is 31.0 Å². The van der Waals surface area contributed by atoms with E-state index in [1.54, 1.807) is 19.1 Å². The molecule has 2 N–H and O–H groups in total. The number of hydrogen-bond acceptors (Lipinski definition) is 8. The standard InChI is InChI=1S/C18H20N2O7S2/c1-25-14-5-11-3-4-20(8-12(11)6-15(14)26-2)16(21)9-27-18(22)13-7-17(28-10-13)29(19,23)24/h5-7,10H,3-4,8-9H2,1-2H3,(H2,19,23,24). The first-order valence-corrected chi connectivity index (χ1v) is 11.0.